The van der Waals surface area contributed by atoms with Gasteiger partial charge in [0.1, 0.15) is 4.58 Å². The van der Waals surface area contributed by atoms with Crippen molar-refractivity contribution in [3.8, 4) is 0 Å². The van der Waals surface area contributed by atoms with E-state index in [1.54, 1.807) is 21.6 Å². The van der Waals surface area contributed by atoms with Gasteiger partial charge in [0.2, 0.25) is 5.91 Å². The van der Waals surface area contributed by atoms with Crippen LogP contribution in [-0.4, -0.2) is 21.5 Å². The molecule has 0 fully saturated rings. The molecule has 0 saturated heterocycles. The number of amides is 1. The Morgan fingerprint density at radius 1 is 1.42 bits per heavy atom. The van der Waals surface area contributed by atoms with Crippen molar-refractivity contribution < 1.29 is 4.79 Å². The molecule has 72 valence electrons. The molecule has 2 nitrogen and oxygen atoms in total. The van der Waals surface area contributed by atoms with Crippen molar-refractivity contribution in [3.63, 3.8) is 0 Å². The van der Waals surface area contributed by atoms with Gasteiger partial charge in [-0.05, 0) is 6.26 Å². The molecule has 0 rings (SSSR count). The fourth-order valence-electron chi connectivity index (χ4n) is 0.391. The van der Waals surface area contributed by atoms with Crippen LogP contribution in [0.15, 0.2) is 0 Å². The molecule has 0 aliphatic carbocycles. The fourth-order valence-corrected chi connectivity index (χ4v) is 3.88. The van der Waals surface area contributed by atoms with Gasteiger partial charge < -0.3 is 5.73 Å². The number of primary amides is 1. The van der Waals surface area contributed by atoms with Crippen LogP contribution in [0, 0.1) is 0 Å². The van der Waals surface area contributed by atoms with Crippen LogP contribution in [0.3, 0.4) is 0 Å². The lowest BCUT2D eigenvalue weighted by Gasteiger charge is -2.18. The summed E-state index contributed by atoms with van der Waals surface area (Å²) < 4.78 is 0.0444. The second-order valence-corrected chi connectivity index (χ2v) is 7.64. The van der Waals surface area contributed by atoms with Crippen molar-refractivity contribution in [2.45, 2.75) is 30.1 Å². The molecule has 1 amide bonds. The highest BCUT2D eigenvalue weighted by Crippen LogP contribution is 2.40. The third-order valence-corrected chi connectivity index (χ3v) is 6.09. The molecule has 0 aromatic carbocycles. The van der Waals surface area contributed by atoms with E-state index in [4.69, 9.17) is 5.73 Å². The van der Waals surface area contributed by atoms with Crippen LogP contribution in [0.4, 0.5) is 0 Å². The summed E-state index contributed by atoms with van der Waals surface area (Å²) in [6.07, 6.45) is 1.89. The third kappa shape index (κ3) is 6.08. The highest BCUT2D eigenvalue weighted by Gasteiger charge is 2.19. The summed E-state index contributed by atoms with van der Waals surface area (Å²) in [4.78, 5) is 10.8. The first-order valence-electron chi connectivity index (χ1n) is 3.53. The molecule has 0 saturated carbocycles. The van der Waals surface area contributed by atoms with Crippen molar-refractivity contribution in [1.29, 1.82) is 0 Å². The topological polar surface area (TPSA) is 43.1 Å². The van der Waals surface area contributed by atoms with Gasteiger partial charge in [-0.3, -0.25) is 4.79 Å². The molecule has 12 heavy (non-hydrogen) atoms. The molecule has 0 aliphatic rings. The van der Waals surface area contributed by atoms with Crippen LogP contribution in [0.1, 0.15) is 20.8 Å². The van der Waals surface area contributed by atoms with Crippen molar-refractivity contribution >= 4 is 39.3 Å². The van der Waals surface area contributed by atoms with Crippen LogP contribution in [0.25, 0.3) is 0 Å². The van der Waals surface area contributed by atoms with Crippen LogP contribution < -0.4 is 5.73 Å². The summed E-state index contributed by atoms with van der Waals surface area (Å²) in [5.41, 5.74) is 5.18. The maximum atomic E-state index is 10.8. The zero-order valence-electron chi connectivity index (χ0n) is 7.79. The standard InChI is InChI=1S/C7H15NOS3/c1-7(2,3)12-11-6(10-4)5(8)9/h6H,1-4H3,(H2,8,9). The number of hydrogen-bond donors (Lipinski definition) is 1. The Morgan fingerprint density at radius 2 is 1.92 bits per heavy atom. The largest absolute Gasteiger partial charge is 0.368 e. The highest BCUT2D eigenvalue weighted by molar-refractivity contribution is 8.79. The predicted molar refractivity (Wildman–Crippen MR) is 61.4 cm³/mol. The molecule has 0 aromatic heterocycles. The number of rotatable bonds is 4. The van der Waals surface area contributed by atoms with Crippen LogP contribution in [0.2, 0.25) is 0 Å². The van der Waals surface area contributed by atoms with Gasteiger partial charge in [0.25, 0.3) is 0 Å². The van der Waals surface area contributed by atoms with Gasteiger partial charge in [-0.1, -0.05) is 42.4 Å². The lowest BCUT2D eigenvalue weighted by Crippen LogP contribution is -2.22. The molecule has 1 atom stereocenters. The van der Waals surface area contributed by atoms with Gasteiger partial charge in [-0.2, -0.15) is 0 Å². The first kappa shape index (κ1) is 12.5. The minimum absolute atomic E-state index is 0.130. The molecule has 0 bridgehead atoms. The molecular weight excluding hydrogens is 210 g/mol. The van der Waals surface area contributed by atoms with E-state index in [0.29, 0.717) is 0 Å². The average Bonchev–Trinajstić information content (AvgIpc) is 1.85. The van der Waals surface area contributed by atoms with E-state index in [1.165, 1.54) is 11.8 Å². The second kappa shape index (κ2) is 5.29. The normalized spacial score (nSPS) is 14.3. The van der Waals surface area contributed by atoms with Gasteiger partial charge in [0, 0.05) is 4.75 Å². The van der Waals surface area contributed by atoms with Gasteiger partial charge in [-0.15, -0.1) is 11.8 Å². The Bertz CT molecular complexity index is 155. The number of carbonyl (C=O) groups excluding carboxylic acids is 1. The minimum atomic E-state index is -0.246. The van der Waals surface area contributed by atoms with Crippen LogP contribution >= 0.6 is 33.3 Å². The van der Waals surface area contributed by atoms with Crippen molar-refractivity contribution in [3.05, 3.63) is 0 Å². The van der Waals surface area contributed by atoms with E-state index in [9.17, 15) is 4.79 Å². The van der Waals surface area contributed by atoms with E-state index in [-0.39, 0.29) is 15.2 Å². The van der Waals surface area contributed by atoms with Gasteiger partial charge in [0.15, 0.2) is 0 Å². The zero-order chi connectivity index (χ0) is 9.78. The Balaban J connectivity index is 3.81. The van der Waals surface area contributed by atoms with E-state index >= 15 is 0 Å². The molecule has 0 aliphatic heterocycles. The Kier molecular flexibility index (Phi) is 5.52. The SMILES string of the molecule is CSC(SSC(C)(C)C)C(N)=O. The fraction of sp³-hybridized carbons (Fsp3) is 0.857. The number of carbonyl (C=O) groups is 1. The number of nitrogens with two attached hydrogens (primary N) is 1. The summed E-state index contributed by atoms with van der Waals surface area (Å²) in [6.45, 7) is 6.34. The monoisotopic (exact) mass is 225 g/mol. The van der Waals surface area contributed by atoms with Gasteiger partial charge in [-0.25, -0.2) is 0 Å². The summed E-state index contributed by atoms with van der Waals surface area (Å²) in [5.74, 6) is -0.246. The molecule has 0 heterocycles. The Labute approximate surface area is 86.2 Å². The highest BCUT2D eigenvalue weighted by atomic mass is 33.1. The van der Waals surface area contributed by atoms with Crippen molar-refractivity contribution in [2.24, 2.45) is 5.73 Å². The van der Waals surface area contributed by atoms with Gasteiger partial charge in [0.05, 0.1) is 0 Å². The molecule has 1 unspecified atom stereocenters. The summed E-state index contributed by atoms with van der Waals surface area (Å²) in [5, 5.41) is 0. The van der Waals surface area contributed by atoms with E-state index in [1.807, 2.05) is 6.26 Å². The molecular formula is C7H15NOS3. The minimum Gasteiger partial charge on any atom is -0.368 e. The second-order valence-electron chi connectivity index (χ2n) is 3.26. The quantitative estimate of drug-likeness (QED) is 0.589. The lowest BCUT2D eigenvalue weighted by atomic mass is 10.3. The Hall–Kier alpha value is 0.520. The summed E-state index contributed by atoms with van der Waals surface area (Å²) in [7, 11) is 3.23. The van der Waals surface area contributed by atoms with Crippen LogP contribution in [0.5, 0.6) is 0 Å². The summed E-state index contributed by atoms with van der Waals surface area (Å²) in [6, 6.07) is 0. The first-order chi connectivity index (χ1) is 5.37. The van der Waals surface area contributed by atoms with Crippen molar-refractivity contribution in [2.75, 3.05) is 6.26 Å². The average molecular weight is 225 g/mol. The molecule has 0 spiro atoms. The first-order valence-corrected chi connectivity index (χ1v) is 7.03. The smallest absolute Gasteiger partial charge is 0.241 e. The maximum absolute atomic E-state index is 10.8. The lowest BCUT2D eigenvalue weighted by molar-refractivity contribution is -0.116. The molecule has 5 heteroatoms. The van der Waals surface area contributed by atoms with Crippen LogP contribution in [-0.2, 0) is 4.79 Å². The number of hydrogen-bond acceptors (Lipinski definition) is 4. The Morgan fingerprint density at radius 3 is 2.17 bits per heavy atom. The zero-order valence-corrected chi connectivity index (χ0v) is 10.2. The van der Waals surface area contributed by atoms with Gasteiger partial charge >= 0.3 is 0 Å². The van der Waals surface area contributed by atoms with E-state index in [2.05, 4.69) is 20.8 Å². The molecule has 0 aromatic rings. The predicted octanol–water partition coefficient (Wildman–Crippen LogP) is 2.34. The van der Waals surface area contributed by atoms with E-state index < -0.39 is 0 Å². The third-order valence-electron chi connectivity index (χ3n) is 0.832. The summed E-state index contributed by atoms with van der Waals surface area (Å²) >= 11 is 1.49. The van der Waals surface area contributed by atoms with E-state index in [0.717, 1.165) is 0 Å². The number of thioether (sulfide) groups is 1. The maximum Gasteiger partial charge on any atom is 0.241 e. The molecule has 0 radical (unpaired) electrons. The molecule has 2 N–H and O–H groups in total. The van der Waals surface area contributed by atoms with Crippen molar-refractivity contribution in [1.82, 2.24) is 0 Å².